The van der Waals surface area contributed by atoms with Gasteiger partial charge < -0.3 is 20.3 Å². The third-order valence-corrected chi connectivity index (χ3v) is 4.43. The van der Waals surface area contributed by atoms with Crippen molar-refractivity contribution < 1.29 is 9.13 Å². The molecule has 0 atom stereocenters. The molecule has 5 nitrogen and oxygen atoms in total. The van der Waals surface area contributed by atoms with E-state index in [1.165, 1.54) is 5.56 Å². The lowest BCUT2D eigenvalue weighted by Crippen LogP contribution is -2.37. The van der Waals surface area contributed by atoms with Gasteiger partial charge in [-0.25, -0.2) is 9.38 Å². The van der Waals surface area contributed by atoms with Crippen LogP contribution in [0.1, 0.15) is 18.1 Å². The van der Waals surface area contributed by atoms with Crippen LogP contribution in [-0.4, -0.2) is 38.8 Å². The van der Waals surface area contributed by atoms with Crippen LogP contribution in [0, 0.1) is 5.82 Å². The number of aliphatic imine (C=N–C) groups is 1. The number of hydrogen-bond acceptors (Lipinski definition) is 3. The molecule has 6 heteroatoms. The molecule has 0 saturated carbocycles. The molecule has 0 amide bonds. The van der Waals surface area contributed by atoms with Crippen molar-refractivity contribution in [2.24, 2.45) is 4.99 Å². The molecule has 27 heavy (non-hydrogen) atoms. The first-order valence-electron chi connectivity index (χ1n) is 9.43. The first-order valence-corrected chi connectivity index (χ1v) is 9.43. The second-order valence-corrected chi connectivity index (χ2v) is 6.42. The molecule has 2 N–H and O–H groups in total. The van der Waals surface area contributed by atoms with E-state index >= 15 is 0 Å². The summed E-state index contributed by atoms with van der Waals surface area (Å²) in [5.74, 6) is 0.519. The predicted octanol–water partition coefficient (Wildman–Crippen LogP) is 2.92. The largest absolute Gasteiger partial charge is 0.378 e. The molecule has 0 aliphatic carbocycles. The first-order chi connectivity index (χ1) is 13.3. The average molecular weight is 370 g/mol. The highest BCUT2D eigenvalue weighted by Gasteiger charge is 2.15. The number of nitrogens with zero attached hydrogens (tertiary/aromatic N) is 2. The number of anilines is 1. The number of guanidine groups is 1. The summed E-state index contributed by atoms with van der Waals surface area (Å²) in [6, 6.07) is 15.5. The van der Waals surface area contributed by atoms with Crippen LogP contribution in [0.3, 0.4) is 0 Å². The lowest BCUT2D eigenvalue weighted by Gasteiger charge is -2.29. The Hall–Kier alpha value is -2.60. The second kappa shape index (κ2) is 9.92. The molecule has 0 spiro atoms. The molecular weight excluding hydrogens is 343 g/mol. The Kier molecular flexibility index (Phi) is 7.04. The second-order valence-electron chi connectivity index (χ2n) is 6.42. The van der Waals surface area contributed by atoms with Crippen LogP contribution < -0.4 is 15.5 Å². The lowest BCUT2D eigenvalue weighted by molar-refractivity contribution is 0.122. The quantitative estimate of drug-likeness (QED) is 0.606. The van der Waals surface area contributed by atoms with E-state index in [-0.39, 0.29) is 5.82 Å². The van der Waals surface area contributed by atoms with E-state index in [1.807, 2.05) is 42.2 Å². The Labute approximate surface area is 160 Å². The Morgan fingerprint density at radius 3 is 2.56 bits per heavy atom. The van der Waals surface area contributed by atoms with Crippen molar-refractivity contribution >= 4 is 11.6 Å². The highest BCUT2D eigenvalue weighted by atomic mass is 19.1. The van der Waals surface area contributed by atoms with Crippen molar-refractivity contribution in [3.63, 3.8) is 0 Å². The molecule has 2 aromatic carbocycles. The third-order valence-electron chi connectivity index (χ3n) is 4.43. The van der Waals surface area contributed by atoms with Gasteiger partial charge in [0.05, 0.1) is 25.4 Å². The van der Waals surface area contributed by atoms with E-state index in [4.69, 9.17) is 4.74 Å². The molecule has 144 valence electrons. The topological polar surface area (TPSA) is 48.9 Å². The maximum Gasteiger partial charge on any atom is 0.191 e. The van der Waals surface area contributed by atoms with Crippen molar-refractivity contribution in [3.8, 4) is 0 Å². The van der Waals surface area contributed by atoms with Crippen molar-refractivity contribution in [2.75, 3.05) is 37.7 Å². The minimum absolute atomic E-state index is 0.202. The summed E-state index contributed by atoms with van der Waals surface area (Å²) in [7, 11) is 0. The zero-order valence-corrected chi connectivity index (χ0v) is 15.7. The minimum atomic E-state index is -0.202. The molecule has 1 aliphatic rings. The number of morpholine rings is 1. The van der Waals surface area contributed by atoms with Crippen molar-refractivity contribution in [3.05, 3.63) is 65.5 Å². The maximum atomic E-state index is 14.5. The highest BCUT2D eigenvalue weighted by molar-refractivity contribution is 5.79. The number of benzene rings is 2. The average Bonchev–Trinajstić information content (AvgIpc) is 2.71. The van der Waals surface area contributed by atoms with Gasteiger partial charge >= 0.3 is 0 Å². The van der Waals surface area contributed by atoms with E-state index < -0.39 is 0 Å². The first kappa shape index (κ1) is 19.2. The molecule has 1 saturated heterocycles. The molecule has 1 fully saturated rings. The Bertz CT molecular complexity index is 745. The highest BCUT2D eigenvalue weighted by Crippen LogP contribution is 2.22. The summed E-state index contributed by atoms with van der Waals surface area (Å²) >= 11 is 0. The number of hydrogen-bond donors (Lipinski definition) is 2. The number of ether oxygens (including phenoxy) is 1. The van der Waals surface area contributed by atoms with Gasteiger partial charge in [0.25, 0.3) is 0 Å². The number of nitrogens with one attached hydrogen (secondary N) is 2. The smallest absolute Gasteiger partial charge is 0.191 e. The van der Waals surface area contributed by atoms with Gasteiger partial charge in [0.2, 0.25) is 0 Å². The predicted molar refractivity (Wildman–Crippen MR) is 108 cm³/mol. The Morgan fingerprint density at radius 1 is 1.07 bits per heavy atom. The van der Waals surface area contributed by atoms with Gasteiger partial charge in [0.15, 0.2) is 5.96 Å². The zero-order valence-electron chi connectivity index (χ0n) is 15.7. The van der Waals surface area contributed by atoms with Crippen LogP contribution in [0.25, 0.3) is 0 Å². The molecule has 1 heterocycles. The number of rotatable bonds is 6. The van der Waals surface area contributed by atoms with Crippen LogP contribution in [0.2, 0.25) is 0 Å². The summed E-state index contributed by atoms with van der Waals surface area (Å²) in [5.41, 5.74) is 2.67. The van der Waals surface area contributed by atoms with Gasteiger partial charge in [-0.1, -0.05) is 36.4 Å². The Balaban J connectivity index is 1.62. The molecule has 1 aliphatic heterocycles. The summed E-state index contributed by atoms with van der Waals surface area (Å²) in [4.78, 5) is 6.60. The molecule has 0 bridgehead atoms. The Morgan fingerprint density at radius 2 is 1.85 bits per heavy atom. The summed E-state index contributed by atoms with van der Waals surface area (Å²) in [6.07, 6.45) is 0. The fourth-order valence-electron chi connectivity index (χ4n) is 3.00. The normalized spacial score (nSPS) is 14.9. The standard InChI is InChI=1S/C21H27FN4O/c1-2-23-21(24-15-17-6-4-3-5-7-17)25-16-18-8-9-20(19(22)14-18)26-10-12-27-13-11-26/h3-9,14H,2,10-13,15-16H2,1H3,(H2,23,24,25). The molecule has 0 unspecified atom stereocenters. The molecule has 0 aromatic heterocycles. The van der Waals surface area contributed by atoms with Gasteiger partial charge in [0.1, 0.15) is 5.82 Å². The van der Waals surface area contributed by atoms with Crippen LogP contribution >= 0.6 is 0 Å². The van der Waals surface area contributed by atoms with Crippen molar-refractivity contribution in [1.29, 1.82) is 0 Å². The van der Waals surface area contributed by atoms with E-state index in [0.29, 0.717) is 32.0 Å². The van der Waals surface area contributed by atoms with E-state index in [9.17, 15) is 4.39 Å². The van der Waals surface area contributed by atoms with Gasteiger partial charge in [-0.15, -0.1) is 0 Å². The van der Waals surface area contributed by atoms with Gasteiger partial charge in [0, 0.05) is 26.2 Å². The van der Waals surface area contributed by atoms with E-state index in [0.717, 1.165) is 31.2 Å². The number of halogens is 1. The molecule has 0 radical (unpaired) electrons. The third kappa shape index (κ3) is 5.69. The molecular formula is C21H27FN4O. The van der Waals surface area contributed by atoms with Gasteiger partial charge in [-0.05, 0) is 30.2 Å². The fraction of sp³-hybridized carbons (Fsp3) is 0.381. The van der Waals surface area contributed by atoms with Crippen molar-refractivity contribution in [1.82, 2.24) is 10.6 Å². The van der Waals surface area contributed by atoms with Crippen LogP contribution in [0.15, 0.2) is 53.5 Å². The summed E-state index contributed by atoms with van der Waals surface area (Å²) < 4.78 is 19.8. The maximum absolute atomic E-state index is 14.5. The molecule has 3 rings (SSSR count). The monoisotopic (exact) mass is 370 g/mol. The van der Waals surface area contributed by atoms with Gasteiger partial charge in [-0.2, -0.15) is 0 Å². The zero-order chi connectivity index (χ0) is 18.9. The van der Waals surface area contributed by atoms with Crippen LogP contribution in [0.4, 0.5) is 10.1 Å². The van der Waals surface area contributed by atoms with E-state index in [1.54, 1.807) is 6.07 Å². The summed E-state index contributed by atoms with van der Waals surface area (Å²) in [5, 5.41) is 6.53. The van der Waals surface area contributed by atoms with Crippen LogP contribution in [0.5, 0.6) is 0 Å². The SMILES string of the molecule is CCNC(=NCc1ccc(N2CCOCC2)c(F)c1)NCc1ccccc1. The fourth-order valence-corrected chi connectivity index (χ4v) is 3.00. The van der Waals surface area contributed by atoms with Crippen LogP contribution in [-0.2, 0) is 17.8 Å². The van der Waals surface area contributed by atoms with Gasteiger partial charge in [-0.3, -0.25) is 0 Å². The van der Waals surface area contributed by atoms with E-state index in [2.05, 4.69) is 27.8 Å². The molecule has 2 aromatic rings. The minimum Gasteiger partial charge on any atom is -0.378 e. The summed E-state index contributed by atoms with van der Waals surface area (Å²) in [6.45, 7) is 6.64. The lowest BCUT2D eigenvalue weighted by atomic mass is 10.1. The van der Waals surface area contributed by atoms with Crippen molar-refractivity contribution in [2.45, 2.75) is 20.0 Å².